The number of hydrogen-bond donors (Lipinski definition) is 0. The van der Waals surface area contributed by atoms with Crippen molar-refractivity contribution in [2.45, 2.75) is 6.92 Å². The fraction of sp³-hybridized carbons (Fsp3) is 0.125. The molecule has 0 aliphatic carbocycles. The predicted octanol–water partition coefficient (Wildman–Crippen LogP) is 4.05. The molecule has 1 aromatic heterocycles. The first-order valence-electron chi connectivity index (χ1n) is 6.45. The maximum atomic E-state index is 12.2. The molecule has 1 amide bonds. The van der Waals surface area contributed by atoms with Gasteiger partial charge in [0.1, 0.15) is 0 Å². The number of aromatic nitrogens is 1. The van der Waals surface area contributed by atoms with Gasteiger partial charge in [-0.3, -0.25) is 4.79 Å². The van der Waals surface area contributed by atoms with Gasteiger partial charge in [-0.1, -0.05) is 33.3 Å². The number of aryl methyl sites for hydroxylation is 2. The third-order valence-corrected chi connectivity index (χ3v) is 4.88. The second kappa shape index (κ2) is 5.58. The lowest BCUT2D eigenvalue weighted by molar-refractivity contribution is 0.0998. The van der Waals surface area contributed by atoms with Crippen LogP contribution >= 0.6 is 27.3 Å². The SMILES string of the molecule is Cc1ccc2c(c1)sc(=NC(=O)c1ccc(Br)cc1)n2C. The molecule has 0 fully saturated rings. The van der Waals surface area contributed by atoms with E-state index >= 15 is 0 Å². The van der Waals surface area contributed by atoms with E-state index in [0.717, 1.165) is 14.7 Å². The molecule has 0 aliphatic heterocycles. The molecule has 21 heavy (non-hydrogen) atoms. The van der Waals surface area contributed by atoms with Crippen molar-refractivity contribution in [3.05, 3.63) is 62.9 Å². The molecule has 0 atom stereocenters. The molecule has 106 valence electrons. The maximum absolute atomic E-state index is 12.2. The standard InChI is InChI=1S/C16H13BrN2OS/c1-10-3-8-13-14(9-10)21-16(19(13)2)18-15(20)11-4-6-12(17)7-5-11/h3-9H,1-2H3. The Labute approximate surface area is 134 Å². The first-order chi connectivity index (χ1) is 10.0. The Kier molecular flexibility index (Phi) is 3.78. The van der Waals surface area contributed by atoms with Crippen molar-refractivity contribution < 1.29 is 4.79 Å². The van der Waals surface area contributed by atoms with Crippen molar-refractivity contribution in [1.82, 2.24) is 4.57 Å². The Bertz CT molecular complexity index is 891. The summed E-state index contributed by atoms with van der Waals surface area (Å²) in [6.07, 6.45) is 0. The minimum atomic E-state index is -0.221. The Balaban J connectivity index is 2.09. The van der Waals surface area contributed by atoms with Crippen molar-refractivity contribution in [1.29, 1.82) is 0 Å². The van der Waals surface area contributed by atoms with E-state index in [9.17, 15) is 4.79 Å². The Hall–Kier alpha value is -1.72. The zero-order chi connectivity index (χ0) is 15.0. The predicted molar refractivity (Wildman–Crippen MR) is 89.6 cm³/mol. The molecule has 3 nitrogen and oxygen atoms in total. The molecule has 0 radical (unpaired) electrons. The minimum Gasteiger partial charge on any atom is -0.319 e. The van der Waals surface area contributed by atoms with Crippen LogP contribution in [-0.2, 0) is 7.05 Å². The number of carbonyl (C=O) groups excluding carboxylic acids is 1. The quantitative estimate of drug-likeness (QED) is 0.644. The Morgan fingerprint density at radius 1 is 1.19 bits per heavy atom. The van der Waals surface area contributed by atoms with Gasteiger partial charge in [0.15, 0.2) is 4.80 Å². The fourth-order valence-electron chi connectivity index (χ4n) is 2.09. The number of rotatable bonds is 1. The normalized spacial score (nSPS) is 12.0. The molecule has 0 bridgehead atoms. The van der Waals surface area contributed by atoms with Gasteiger partial charge in [0.25, 0.3) is 5.91 Å². The average molecular weight is 361 g/mol. The van der Waals surface area contributed by atoms with E-state index < -0.39 is 0 Å². The van der Waals surface area contributed by atoms with E-state index in [-0.39, 0.29) is 5.91 Å². The summed E-state index contributed by atoms with van der Waals surface area (Å²) >= 11 is 4.89. The van der Waals surface area contributed by atoms with Gasteiger partial charge in [-0.05, 0) is 48.9 Å². The number of nitrogens with zero attached hydrogens (tertiary/aromatic N) is 2. The van der Waals surface area contributed by atoms with Crippen LogP contribution in [0.2, 0.25) is 0 Å². The van der Waals surface area contributed by atoms with E-state index in [0.29, 0.717) is 10.4 Å². The summed E-state index contributed by atoms with van der Waals surface area (Å²) in [4.78, 5) is 17.2. The van der Waals surface area contributed by atoms with Gasteiger partial charge in [-0.25, -0.2) is 0 Å². The molecular weight excluding hydrogens is 348 g/mol. The summed E-state index contributed by atoms with van der Waals surface area (Å²) in [5.74, 6) is -0.221. The van der Waals surface area contributed by atoms with Crippen LogP contribution in [0.3, 0.4) is 0 Å². The number of halogens is 1. The molecule has 5 heteroatoms. The lowest BCUT2D eigenvalue weighted by Crippen LogP contribution is -2.13. The highest BCUT2D eigenvalue weighted by molar-refractivity contribution is 9.10. The molecule has 0 unspecified atom stereocenters. The summed E-state index contributed by atoms with van der Waals surface area (Å²) in [7, 11) is 1.93. The molecule has 3 aromatic rings. The van der Waals surface area contributed by atoms with Gasteiger partial charge < -0.3 is 4.57 Å². The number of thiazole rings is 1. The number of carbonyl (C=O) groups is 1. The van der Waals surface area contributed by atoms with E-state index in [1.165, 1.54) is 16.9 Å². The van der Waals surface area contributed by atoms with Gasteiger partial charge in [0, 0.05) is 17.1 Å². The number of benzene rings is 2. The molecule has 0 saturated heterocycles. The van der Waals surface area contributed by atoms with E-state index in [1.807, 2.05) is 23.7 Å². The van der Waals surface area contributed by atoms with Crippen molar-refractivity contribution in [2.24, 2.45) is 12.0 Å². The highest BCUT2D eigenvalue weighted by atomic mass is 79.9. The highest BCUT2D eigenvalue weighted by Crippen LogP contribution is 2.18. The lowest BCUT2D eigenvalue weighted by atomic mass is 10.2. The van der Waals surface area contributed by atoms with Crippen LogP contribution in [0.4, 0.5) is 0 Å². The highest BCUT2D eigenvalue weighted by Gasteiger charge is 2.07. The van der Waals surface area contributed by atoms with Gasteiger partial charge in [0.05, 0.1) is 10.2 Å². The zero-order valence-corrected chi connectivity index (χ0v) is 14.0. The molecule has 2 aromatic carbocycles. The number of hydrogen-bond acceptors (Lipinski definition) is 2. The van der Waals surface area contributed by atoms with E-state index in [1.54, 1.807) is 12.1 Å². The third kappa shape index (κ3) is 2.84. The van der Waals surface area contributed by atoms with Crippen LogP contribution in [0.1, 0.15) is 15.9 Å². The van der Waals surface area contributed by atoms with Crippen molar-refractivity contribution in [3.63, 3.8) is 0 Å². The third-order valence-electron chi connectivity index (χ3n) is 3.25. The second-order valence-electron chi connectivity index (χ2n) is 4.84. The van der Waals surface area contributed by atoms with Crippen molar-refractivity contribution >= 4 is 43.4 Å². The van der Waals surface area contributed by atoms with Gasteiger partial charge in [-0.2, -0.15) is 4.99 Å². The maximum Gasteiger partial charge on any atom is 0.279 e. The molecule has 0 N–H and O–H groups in total. The van der Waals surface area contributed by atoms with Crippen LogP contribution in [0.15, 0.2) is 51.9 Å². The second-order valence-corrected chi connectivity index (χ2v) is 6.76. The smallest absolute Gasteiger partial charge is 0.279 e. The summed E-state index contributed by atoms with van der Waals surface area (Å²) in [6.45, 7) is 2.06. The van der Waals surface area contributed by atoms with E-state index in [4.69, 9.17) is 0 Å². The minimum absolute atomic E-state index is 0.221. The molecule has 0 saturated carbocycles. The first kappa shape index (κ1) is 14.2. The molecule has 3 rings (SSSR count). The fourth-order valence-corrected chi connectivity index (χ4v) is 3.47. The van der Waals surface area contributed by atoms with Crippen molar-refractivity contribution in [2.75, 3.05) is 0 Å². The molecule has 0 aliphatic rings. The van der Waals surface area contributed by atoms with Crippen LogP contribution in [0, 0.1) is 6.92 Å². The Morgan fingerprint density at radius 3 is 2.62 bits per heavy atom. The molecular formula is C16H13BrN2OS. The Morgan fingerprint density at radius 2 is 1.90 bits per heavy atom. The van der Waals surface area contributed by atoms with Gasteiger partial charge >= 0.3 is 0 Å². The lowest BCUT2D eigenvalue weighted by Gasteiger charge is -1.97. The van der Waals surface area contributed by atoms with Crippen LogP contribution in [-0.4, -0.2) is 10.5 Å². The molecule has 0 spiro atoms. The van der Waals surface area contributed by atoms with Gasteiger partial charge in [-0.15, -0.1) is 0 Å². The monoisotopic (exact) mass is 360 g/mol. The van der Waals surface area contributed by atoms with Crippen molar-refractivity contribution in [3.8, 4) is 0 Å². The number of amides is 1. The molecule has 1 heterocycles. The summed E-state index contributed by atoms with van der Waals surface area (Å²) in [6, 6.07) is 13.5. The first-order valence-corrected chi connectivity index (χ1v) is 8.06. The topological polar surface area (TPSA) is 34.4 Å². The van der Waals surface area contributed by atoms with Crippen LogP contribution < -0.4 is 4.80 Å². The largest absolute Gasteiger partial charge is 0.319 e. The summed E-state index contributed by atoms with van der Waals surface area (Å²) in [5.41, 5.74) is 2.88. The average Bonchev–Trinajstić information content (AvgIpc) is 2.75. The van der Waals surface area contributed by atoms with E-state index in [2.05, 4.69) is 46.0 Å². The summed E-state index contributed by atoms with van der Waals surface area (Å²) in [5, 5.41) is 0. The number of fused-ring (bicyclic) bond motifs is 1. The van der Waals surface area contributed by atoms with Crippen LogP contribution in [0.25, 0.3) is 10.2 Å². The zero-order valence-electron chi connectivity index (χ0n) is 11.6. The van der Waals surface area contributed by atoms with Gasteiger partial charge in [0.2, 0.25) is 0 Å². The van der Waals surface area contributed by atoms with Crippen LogP contribution in [0.5, 0.6) is 0 Å². The summed E-state index contributed by atoms with van der Waals surface area (Å²) < 4.78 is 4.04.